The molecule has 2 rings (SSSR count). The highest BCUT2D eigenvalue weighted by molar-refractivity contribution is 5.52. The van der Waals surface area contributed by atoms with Gasteiger partial charge in [0.1, 0.15) is 6.10 Å². The van der Waals surface area contributed by atoms with Crippen molar-refractivity contribution < 1.29 is 9.47 Å². The minimum atomic E-state index is -0.525. The highest BCUT2D eigenvalue weighted by Crippen LogP contribution is 2.41. The average Bonchev–Trinajstić information content (AvgIpc) is 2.64. The van der Waals surface area contributed by atoms with Crippen LogP contribution in [-0.4, -0.2) is 18.9 Å². The summed E-state index contributed by atoms with van der Waals surface area (Å²) in [6.45, 7) is 5.90. The van der Waals surface area contributed by atoms with E-state index in [-0.39, 0.29) is 12.2 Å². The van der Waals surface area contributed by atoms with E-state index in [2.05, 4.69) is 17.4 Å². The van der Waals surface area contributed by atoms with Crippen LogP contribution in [-0.2, 0) is 9.47 Å². The van der Waals surface area contributed by atoms with Gasteiger partial charge in [0.2, 0.25) is 0 Å². The van der Waals surface area contributed by atoms with Gasteiger partial charge in [0, 0.05) is 18.3 Å². The van der Waals surface area contributed by atoms with Crippen molar-refractivity contribution in [2.75, 3.05) is 12.4 Å². The Hall–Kier alpha value is -1.06. The first-order chi connectivity index (χ1) is 8.07. The normalized spacial score (nSPS) is 27.1. The van der Waals surface area contributed by atoms with Crippen LogP contribution >= 0.6 is 0 Å². The molecule has 0 amide bonds. The van der Waals surface area contributed by atoms with Gasteiger partial charge in [-0.25, -0.2) is 0 Å². The molecule has 0 bridgehead atoms. The van der Waals surface area contributed by atoms with Crippen LogP contribution in [0.5, 0.6) is 0 Å². The van der Waals surface area contributed by atoms with Gasteiger partial charge >= 0.3 is 0 Å². The largest absolute Gasteiger partial charge is 0.388 e. The second-order valence-electron chi connectivity index (χ2n) is 4.69. The minimum absolute atomic E-state index is 0.000463. The molecule has 1 aromatic carbocycles. The van der Waals surface area contributed by atoms with Crippen molar-refractivity contribution >= 4 is 5.69 Å². The lowest BCUT2D eigenvalue weighted by atomic mass is 10.0. The Kier molecular flexibility index (Phi) is 3.40. The van der Waals surface area contributed by atoms with Gasteiger partial charge in [0.15, 0.2) is 5.79 Å². The molecule has 3 heteroatoms. The summed E-state index contributed by atoms with van der Waals surface area (Å²) in [6.07, 6.45) is 2.00. The molecule has 1 saturated heterocycles. The van der Waals surface area contributed by atoms with E-state index < -0.39 is 5.79 Å². The van der Waals surface area contributed by atoms with Crippen LogP contribution in [0, 0.1) is 6.42 Å². The van der Waals surface area contributed by atoms with Crippen LogP contribution in [0.2, 0.25) is 0 Å². The van der Waals surface area contributed by atoms with E-state index in [1.807, 2.05) is 46.4 Å². The molecule has 93 valence electrons. The van der Waals surface area contributed by atoms with Crippen LogP contribution in [0.1, 0.15) is 32.4 Å². The fourth-order valence-corrected chi connectivity index (χ4v) is 2.25. The number of anilines is 1. The summed E-state index contributed by atoms with van der Waals surface area (Å²) in [7, 11) is 1.92. The molecule has 0 aromatic heterocycles. The predicted octanol–water partition coefficient (Wildman–Crippen LogP) is 3.15. The van der Waals surface area contributed by atoms with Crippen LogP contribution in [0.25, 0.3) is 0 Å². The molecule has 2 unspecified atom stereocenters. The Morgan fingerprint density at radius 2 is 1.94 bits per heavy atom. The summed E-state index contributed by atoms with van der Waals surface area (Å²) >= 11 is 0. The highest BCUT2D eigenvalue weighted by Gasteiger charge is 2.41. The Balaban J connectivity index is 2.32. The molecule has 0 spiro atoms. The van der Waals surface area contributed by atoms with Crippen molar-refractivity contribution in [1.82, 2.24) is 0 Å². The van der Waals surface area contributed by atoms with E-state index >= 15 is 0 Å². The topological polar surface area (TPSA) is 30.5 Å². The summed E-state index contributed by atoms with van der Waals surface area (Å²) in [5.41, 5.74) is 2.23. The zero-order valence-corrected chi connectivity index (χ0v) is 10.9. The third kappa shape index (κ3) is 2.45. The third-order valence-corrected chi connectivity index (χ3v) is 2.99. The summed E-state index contributed by atoms with van der Waals surface area (Å²) < 4.78 is 11.8. The van der Waals surface area contributed by atoms with E-state index in [0.29, 0.717) is 0 Å². The van der Waals surface area contributed by atoms with Gasteiger partial charge in [-0.2, -0.15) is 0 Å². The van der Waals surface area contributed by atoms with Crippen molar-refractivity contribution in [2.24, 2.45) is 0 Å². The molecular weight excluding hydrogens is 214 g/mol. The Labute approximate surface area is 103 Å². The van der Waals surface area contributed by atoms with Crippen LogP contribution in [0.4, 0.5) is 5.69 Å². The van der Waals surface area contributed by atoms with E-state index in [0.717, 1.165) is 11.3 Å². The van der Waals surface area contributed by atoms with Crippen molar-refractivity contribution in [3.8, 4) is 0 Å². The first-order valence-electron chi connectivity index (χ1n) is 5.99. The van der Waals surface area contributed by atoms with Crippen molar-refractivity contribution in [1.29, 1.82) is 0 Å². The van der Waals surface area contributed by atoms with Crippen LogP contribution in [0.15, 0.2) is 24.3 Å². The maximum Gasteiger partial charge on any atom is 0.164 e. The molecule has 1 N–H and O–H groups in total. The van der Waals surface area contributed by atoms with Gasteiger partial charge in [-0.05, 0) is 26.3 Å². The zero-order valence-electron chi connectivity index (χ0n) is 10.9. The Morgan fingerprint density at radius 3 is 2.59 bits per heavy atom. The molecule has 1 heterocycles. The first kappa shape index (κ1) is 12.4. The minimum Gasteiger partial charge on any atom is -0.388 e. The number of nitrogens with one attached hydrogen (secondary N) is 1. The summed E-state index contributed by atoms with van der Waals surface area (Å²) in [4.78, 5) is 0. The van der Waals surface area contributed by atoms with E-state index in [1.54, 1.807) is 0 Å². The number of rotatable bonds is 3. The quantitative estimate of drug-likeness (QED) is 0.871. The molecule has 2 atom stereocenters. The van der Waals surface area contributed by atoms with Crippen LogP contribution in [0.3, 0.4) is 0 Å². The van der Waals surface area contributed by atoms with Crippen LogP contribution < -0.4 is 5.32 Å². The average molecular weight is 234 g/mol. The lowest BCUT2D eigenvalue weighted by Crippen LogP contribution is -2.21. The lowest BCUT2D eigenvalue weighted by molar-refractivity contribution is -0.144. The maximum atomic E-state index is 5.99. The van der Waals surface area contributed by atoms with Gasteiger partial charge in [0.05, 0.1) is 6.10 Å². The van der Waals surface area contributed by atoms with Gasteiger partial charge in [-0.3, -0.25) is 0 Å². The Morgan fingerprint density at radius 1 is 1.24 bits per heavy atom. The summed E-state index contributed by atoms with van der Waals surface area (Å²) in [5, 5.41) is 3.20. The SMILES string of the molecule is C[CH]C1OC(C)(C)OC1c1ccccc1NC. The molecule has 1 aromatic rings. The monoisotopic (exact) mass is 234 g/mol. The molecular formula is C14H20NO2. The molecule has 1 aliphatic rings. The molecule has 17 heavy (non-hydrogen) atoms. The maximum absolute atomic E-state index is 5.99. The standard InChI is InChI=1S/C14H20NO2/c1-5-12-13(17-14(2,3)16-12)10-8-6-7-9-11(10)15-4/h5-9,12-13,15H,1-4H3. The van der Waals surface area contributed by atoms with E-state index in [1.165, 1.54) is 0 Å². The van der Waals surface area contributed by atoms with Gasteiger partial charge in [0.25, 0.3) is 0 Å². The lowest BCUT2D eigenvalue weighted by Gasteiger charge is -2.19. The number of para-hydroxylation sites is 1. The van der Waals surface area contributed by atoms with Gasteiger partial charge in [-0.1, -0.05) is 25.1 Å². The van der Waals surface area contributed by atoms with E-state index in [9.17, 15) is 0 Å². The third-order valence-electron chi connectivity index (χ3n) is 2.99. The fraction of sp³-hybridized carbons (Fsp3) is 0.500. The molecule has 1 fully saturated rings. The summed E-state index contributed by atoms with van der Waals surface area (Å²) in [5.74, 6) is -0.525. The molecule has 0 saturated carbocycles. The number of ether oxygens (including phenoxy) is 2. The fourth-order valence-electron chi connectivity index (χ4n) is 2.25. The number of hydrogen-bond acceptors (Lipinski definition) is 3. The first-order valence-corrected chi connectivity index (χ1v) is 5.99. The number of hydrogen-bond donors (Lipinski definition) is 1. The zero-order chi connectivity index (χ0) is 12.5. The van der Waals surface area contributed by atoms with Crippen molar-refractivity contribution in [3.63, 3.8) is 0 Å². The highest BCUT2D eigenvalue weighted by atomic mass is 16.7. The smallest absolute Gasteiger partial charge is 0.164 e. The molecule has 0 aliphatic carbocycles. The van der Waals surface area contributed by atoms with Crippen molar-refractivity contribution in [3.05, 3.63) is 36.2 Å². The Bertz CT molecular complexity index is 390. The van der Waals surface area contributed by atoms with Gasteiger partial charge < -0.3 is 14.8 Å². The van der Waals surface area contributed by atoms with Gasteiger partial charge in [-0.15, -0.1) is 0 Å². The van der Waals surface area contributed by atoms with E-state index in [4.69, 9.17) is 9.47 Å². The summed E-state index contributed by atoms with van der Waals surface area (Å²) in [6, 6.07) is 8.17. The number of benzene rings is 1. The molecule has 1 aliphatic heterocycles. The molecule has 1 radical (unpaired) electrons. The second-order valence-corrected chi connectivity index (χ2v) is 4.69. The predicted molar refractivity (Wildman–Crippen MR) is 68.7 cm³/mol. The molecule has 3 nitrogen and oxygen atoms in total. The second kappa shape index (κ2) is 4.67. The van der Waals surface area contributed by atoms with Crippen molar-refractivity contribution in [2.45, 2.75) is 38.8 Å².